The van der Waals surface area contributed by atoms with E-state index in [0.717, 1.165) is 17.1 Å². The van der Waals surface area contributed by atoms with E-state index >= 15 is 0 Å². The number of carbonyl (C=O) groups is 2. The molecule has 5 heterocycles. The summed E-state index contributed by atoms with van der Waals surface area (Å²) in [5, 5.41) is 12.0. The SMILES string of the molecule is Cn1ccc(-c2cccc(-c3csc(NC(=O)CNC(=O)c4cc[nH]c4C4(C)COC4)n3)n2)n1. The molecule has 11 heteroatoms. The second-order valence-electron chi connectivity index (χ2n) is 8.37. The lowest BCUT2D eigenvalue weighted by molar-refractivity contribution is -0.115. The lowest BCUT2D eigenvalue weighted by Gasteiger charge is -2.38. The van der Waals surface area contributed by atoms with Crippen LogP contribution in [0.2, 0.25) is 0 Å². The number of thiazole rings is 1. The fourth-order valence-electron chi connectivity index (χ4n) is 3.75. The van der Waals surface area contributed by atoms with E-state index < -0.39 is 0 Å². The van der Waals surface area contributed by atoms with Crippen LogP contribution in [0.1, 0.15) is 23.0 Å². The number of aromatic nitrogens is 5. The summed E-state index contributed by atoms with van der Waals surface area (Å²) in [6.45, 7) is 2.98. The summed E-state index contributed by atoms with van der Waals surface area (Å²) >= 11 is 1.29. The first-order chi connectivity index (χ1) is 16.4. The molecule has 0 saturated carbocycles. The average Bonchev–Trinajstić information content (AvgIpc) is 3.57. The van der Waals surface area contributed by atoms with Crippen LogP contribution < -0.4 is 10.6 Å². The van der Waals surface area contributed by atoms with Crippen LogP contribution in [-0.2, 0) is 22.0 Å². The highest BCUT2D eigenvalue weighted by Gasteiger charge is 2.39. The number of amides is 2. The molecule has 0 atom stereocenters. The third-order valence-electron chi connectivity index (χ3n) is 5.58. The maximum absolute atomic E-state index is 12.6. The highest BCUT2D eigenvalue weighted by atomic mass is 32.1. The monoisotopic (exact) mass is 477 g/mol. The predicted octanol–water partition coefficient (Wildman–Crippen LogP) is 2.59. The number of anilines is 1. The summed E-state index contributed by atoms with van der Waals surface area (Å²) < 4.78 is 7.01. The Morgan fingerprint density at radius 2 is 1.94 bits per heavy atom. The number of aryl methyl sites for hydroxylation is 1. The van der Waals surface area contributed by atoms with Gasteiger partial charge >= 0.3 is 0 Å². The summed E-state index contributed by atoms with van der Waals surface area (Å²) in [6.07, 6.45) is 3.58. The molecule has 4 aromatic rings. The second-order valence-corrected chi connectivity index (χ2v) is 9.23. The van der Waals surface area contributed by atoms with Gasteiger partial charge in [0.25, 0.3) is 5.91 Å². The van der Waals surface area contributed by atoms with Crippen molar-refractivity contribution in [2.24, 2.45) is 7.05 Å². The van der Waals surface area contributed by atoms with Crippen LogP contribution in [0.15, 0.2) is 48.1 Å². The fraction of sp³-hybridized carbons (Fsp3) is 0.261. The number of hydrogen-bond donors (Lipinski definition) is 3. The van der Waals surface area contributed by atoms with Crippen LogP contribution in [0.5, 0.6) is 0 Å². The van der Waals surface area contributed by atoms with Crippen molar-refractivity contribution in [2.45, 2.75) is 12.3 Å². The molecule has 4 aromatic heterocycles. The van der Waals surface area contributed by atoms with Crippen LogP contribution in [0.4, 0.5) is 5.13 Å². The number of carbonyl (C=O) groups excluding carboxylic acids is 2. The molecular weight excluding hydrogens is 454 g/mol. The zero-order chi connectivity index (χ0) is 23.7. The van der Waals surface area contributed by atoms with Gasteiger partial charge in [-0.2, -0.15) is 5.10 Å². The zero-order valence-corrected chi connectivity index (χ0v) is 19.5. The molecule has 3 N–H and O–H groups in total. The number of hydrogen-bond acceptors (Lipinski definition) is 7. The van der Waals surface area contributed by atoms with Gasteiger partial charge in [0.2, 0.25) is 5.91 Å². The van der Waals surface area contributed by atoms with Crippen molar-refractivity contribution in [1.29, 1.82) is 0 Å². The van der Waals surface area contributed by atoms with E-state index in [-0.39, 0.29) is 23.8 Å². The Balaban J connectivity index is 1.20. The van der Waals surface area contributed by atoms with E-state index in [1.807, 2.05) is 49.8 Å². The van der Waals surface area contributed by atoms with Crippen LogP contribution >= 0.6 is 11.3 Å². The molecule has 2 amide bonds. The van der Waals surface area contributed by atoms with Crippen LogP contribution in [0, 0.1) is 0 Å². The van der Waals surface area contributed by atoms with Crippen molar-refractivity contribution >= 4 is 28.3 Å². The van der Waals surface area contributed by atoms with Crippen LogP contribution in [0.25, 0.3) is 22.8 Å². The topological polar surface area (TPSA) is 127 Å². The van der Waals surface area contributed by atoms with Crippen molar-refractivity contribution in [1.82, 2.24) is 30.0 Å². The number of pyridine rings is 1. The van der Waals surface area contributed by atoms with E-state index in [9.17, 15) is 9.59 Å². The molecule has 34 heavy (non-hydrogen) atoms. The molecule has 10 nitrogen and oxygen atoms in total. The van der Waals surface area contributed by atoms with E-state index in [1.165, 1.54) is 11.3 Å². The highest BCUT2D eigenvalue weighted by Crippen LogP contribution is 2.32. The molecule has 0 bridgehead atoms. The Morgan fingerprint density at radius 1 is 1.15 bits per heavy atom. The third kappa shape index (κ3) is 4.35. The Labute approximate surface area is 199 Å². The first kappa shape index (κ1) is 22.0. The maximum Gasteiger partial charge on any atom is 0.253 e. The average molecular weight is 478 g/mol. The van der Waals surface area contributed by atoms with Gasteiger partial charge < -0.3 is 20.4 Å². The molecule has 1 aliphatic rings. The summed E-state index contributed by atoms with van der Waals surface area (Å²) in [6, 6.07) is 9.24. The minimum atomic E-state index is -0.361. The standard InChI is InChI=1S/C23H23N7O3S/c1-23(12-33-13-23)20-14(6-8-24-20)21(32)25-10-19(31)28-22-27-18(11-34-22)16-5-3-4-15(26-16)17-7-9-30(2)29-17/h3-9,11,24H,10,12-13H2,1-2H3,(H,25,32)(H,27,28,31). The third-order valence-corrected chi connectivity index (χ3v) is 6.34. The Hall–Kier alpha value is -3.83. The molecule has 0 radical (unpaired) electrons. The van der Waals surface area contributed by atoms with Gasteiger partial charge in [0, 0.05) is 30.5 Å². The molecule has 1 fully saturated rings. The summed E-state index contributed by atoms with van der Waals surface area (Å²) in [5.74, 6) is -0.672. The number of aromatic amines is 1. The van der Waals surface area contributed by atoms with Gasteiger partial charge in [0.15, 0.2) is 5.13 Å². The Kier molecular flexibility index (Phi) is 5.72. The van der Waals surface area contributed by atoms with E-state index in [2.05, 4.69) is 30.7 Å². The number of rotatable bonds is 7. The molecule has 0 aliphatic carbocycles. The van der Waals surface area contributed by atoms with Crippen molar-refractivity contribution in [3.05, 3.63) is 59.4 Å². The van der Waals surface area contributed by atoms with Gasteiger partial charge in [0.05, 0.1) is 42.1 Å². The van der Waals surface area contributed by atoms with Crippen molar-refractivity contribution < 1.29 is 14.3 Å². The van der Waals surface area contributed by atoms with E-state index in [1.54, 1.807) is 16.9 Å². The summed E-state index contributed by atoms with van der Waals surface area (Å²) in [5.41, 5.74) is 3.98. The maximum atomic E-state index is 12.6. The smallest absolute Gasteiger partial charge is 0.253 e. The first-order valence-electron chi connectivity index (χ1n) is 10.7. The van der Waals surface area contributed by atoms with Crippen molar-refractivity contribution in [2.75, 3.05) is 25.1 Å². The van der Waals surface area contributed by atoms with Crippen molar-refractivity contribution in [3.63, 3.8) is 0 Å². The van der Waals surface area contributed by atoms with E-state index in [4.69, 9.17) is 4.74 Å². The summed E-state index contributed by atoms with van der Waals surface area (Å²) in [4.78, 5) is 37.3. The van der Waals surface area contributed by atoms with Crippen molar-refractivity contribution in [3.8, 4) is 22.8 Å². The lowest BCUT2D eigenvalue weighted by Crippen LogP contribution is -2.45. The number of nitrogens with zero attached hydrogens (tertiary/aromatic N) is 4. The van der Waals surface area contributed by atoms with Crippen LogP contribution in [0.3, 0.4) is 0 Å². The molecule has 5 rings (SSSR count). The second kappa shape index (κ2) is 8.84. The fourth-order valence-corrected chi connectivity index (χ4v) is 4.47. The van der Waals surface area contributed by atoms with E-state index in [0.29, 0.717) is 35.3 Å². The number of H-pyrrole nitrogens is 1. The Morgan fingerprint density at radius 3 is 2.65 bits per heavy atom. The first-order valence-corrected chi connectivity index (χ1v) is 11.6. The predicted molar refractivity (Wildman–Crippen MR) is 127 cm³/mol. The molecule has 1 aliphatic heterocycles. The molecule has 0 aromatic carbocycles. The highest BCUT2D eigenvalue weighted by molar-refractivity contribution is 7.14. The van der Waals surface area contributed by atoms with Gasteiger partial charge in [-0.05, 0) is 31.2 Å². The van der Waals surface area contributed by atoms with Gasteiger partial charge in [-0.1, -0.05) is 6.07 Å². The van der Waals surface area contributed by atoms with Gasteiger partial charge in [-0.3, -0.25) is 14.3 Å². The van der Waals surface area contributed by atoms with Gasteiger partial charge in [-0.25, -0.2) is 9.97 Å². The largest absolute Gasteiger partial charge is 0.379 e. The normalized spacial score (nSPS) is 14.4. The minimum absolute atomic E-state index is 0.168. The zero-order valence-electron chi connectivity index (χ0n) is 18.7. The molecule has 0 unspecified atom stereocenters. The minimum Gasteiger partial charge on any atom is -0.379 e. The molecular formula is C23H23N7O3S. The number of nitrogens with one attached hydrogen (secondary N) is 3. The molecule has 1 saturated heterocycles. The van der Waals surface area contributed by atoms with Crippen LogP contribution in [-0.4, -0.2) is 56.3 Å². The molecule has 174 valence electrons. The molecule has 0 spiro atoms. The lowest BCUT2D eigenvalue weighted by atomic mass is 9.83. The number of ether oxygens (including phenoxy) is 1. The summed E-state index contributed by atoms with van der Waals surface area (Å²) in [7, 11) is 1.85. The quantitative estimate of drug-likeness (QED) is 0.376. The van der Waals surface area contributed by atoms with Gasteiger partial charge in [-0.15, -0.1) is 11.3 Å². The van der Waals surface area contributed by atoms with Gasteiger partial charge in [0.1, 0.15) is 11.4 Å². The Bertz CT molecular complexity index is 1350.